The molecule has 0 aromatic rings. The first-order valence-electron chi connectivity index (χ1n) is 22.3. The molecule has 0 amide bonds. The minimum absolute atomic E-state index is 0.0663. The summed E-state index contributed by atoms with van der Waals surface area (Å²) >= 11 is 0. The standard InChI is InChI=1S/C45H86O6/c1-6-9-10-11-12-13-14-15-16-17-18-25-30-35-43(46)49-38-42(51-45(48)37-32-27-22-20-24-29-34-41(5)8-3)39-50-44(47)36-31-26-21-19-23-28-33-40(4)7-2/h40-42H,6-39H2,1-5H3/t40?,41?,42-/m1/s1. The van der Waals surface area contributed by atoms with E-state index in [0.29, 0.717) is 19.3 Å². The molecule has 6 heteroatoms. The van der Waals surface area contributed by atoms with Gasteiger partial charge < -0.3 is 14.2 Å². The normalized spacial score (nSPS) is 13.1. The summed E-state index contributed by atoms with van der Waals surface area (Å²) in [5, 5.41) is 0. The van der Waals surface area contributed by atoms with Crippen LogP contribution in [0.1, 0.15) is 240 Å². The molecule has 51 heavy (non-hydrogen) atoms. The highest BCUT2D eigenvalue weighted by Crippen LogP contribution is 2.17. The predicted molar refractivity (Wildman–Crippen MR) is 215 cm³/mol. The summed E-state index contributed by atoms with van der Waals surface area (Å²) < 4.78 is 16.7. The summed E-state index contributed by atoms with van der Waals surface area (Å²) in [5.41, 5.74) is 0. The van der Waals surface area contributed by atoms with Gasteiger partial charge in [-0.05, 0) is 31.1 Å². The first-order chi connectivity index (χ1) is 24.8. The van der Waals surface area contributed by atoms with Gasteiger partial charge in [0.15, 0.2) is 6.10 Å². The summed E-state index contributed by atoms with van der Waals surface area (Å²) in [6.45, 7) is 11.3. The Balaban J connectivity index is 4.35. The number of hydrogen-bond acceptors (Lipinski definition) is 6. The van der Waals surface area contributed by atoms with E-state index in [1.165, 1.54) is 128 Å². The molecule has 302 valence electrons. The molecule has 0 saturated carbocycles. The highest BCUT2D eigenvalue weighted by atomic mass is 16.6. The molecule has 2 unspecified atom stereocenters. The largest absolute Gasteiger partial charge is 0.462 e. The van der Waals surface area contributed by atoms with Crippen LogP contribution in [0, 0.1) is 11.8 Å². The Morgan fingerprint density at radius 3 is 1.02 bits per heavy atom. The molecule has 0 heterocycles. The van der Waals surface area contributed by atoms with Crippen molar-refractivity contribution >= 4 is 17.9 Å². The lowest BCUT2D eigenvalue weighted by Gasteiger charge is -2.18. The first-order valence-corrected chi connectivity index (χ1v) is 22.3. The molecule has 0 saturated heterocycles. The van der Waals surface area contributed by atoms with Crippen LogP contribution in [0.4, 0.5) is 0 Å². The highest BCUT2D eigenvalue weighted by molar-refractivity contribution is 5.71. The van der Waals surface area contributed by atoms with Gasteiger partial charge in [0.1, 0.15) is 13.2 Å². The fourth-order valence-corrected chi connectivity index (χ4v) is 6.51. The first kappa shape index (κ1) is 49.4. The van der Waals surface area contributed by atoms with Crippen molar-refractivity contribution in [3.05, 3.63) is 0 Å². The lowest BCUT2D eigenvalue weighted by Crippen LogP contribution is -2.30. The molecule has 6 nitrogen and oxygen atoms in total. The van der Waals surface area contributed by atoms with Gasteiger partial charge in [-0.25, -0.2) is 0 Å². The monoisotopic (exact) mass is 723 g/mol. The van der Waals surface area contributed by atoms with Crippen molar-refractivity contribution in [2.75, 3.05) is 13.2 Å². The van der Waals surface area contributed by atoms with Gasteiger partial charge in [-0.15, -0.1) is 0 Å². The van der Waals surface area contributed by atoms with Crippen molar-refractivity contribution < 1.29 is 28.6 Å². The molecule has 0 aliphatic rings. The minimum atomic E-state index is -0.761. The Morgan fingerprint density at radius 2 is 0.686 bits per heavy atom. The molecule has 0 radical (unpaired) electrons. The zero-order chi connectivity index (χ0) is 37.6. The third-order valence-corrected chi connectivity index (χ3v) is 10.7. The van der Waals surface area contributed by atoms with Crippen LogP contribution in [0.2, 0.25) is 0 Å². The lowest BCUT2D eigenvalue weighted by atomic mass is 10.00. The Morgan fingerprint density at radius 1 is 0.392 bits per heavy atom. The maximum absolute atomic E-state index is 12.7. The van der Waals surface area contributed by atoms with Crippen molar-refractivity contribution in [3.8, 4) is 0 Å². The van der Waals surface area contributed by atoms with Gasteiger partial charge in [0, 0.05) is 19.3 Å². The van der Waals surface area contributed by atoms with E-state index in [1.54, 1.807) is 0 Å². The second kappa shape index (κ2) is 38.1. The molecule has 0 rings (SSSR count). The second-order valence-electron chi connectivity index (χ2n) is 15.8. The Bertz CT molecular complexity index is 783. The van der Waals surface area contributed by atoms with Crippen molar-refractivity contribution in [1.29, 1.82) is 0 Å². The maximum Gasteiger partial charge on any atom is 0.306 e. The molecule has 0 aliphatic carbocycles. The van der Waals surface area contributed by atoms with Crippen LogP contribution in [0.5, 0.6) is 0 Å². The van der Waals surface area contributed by atoms with Crippen LogP contribution in [0.15, 0.2) is 0 Å². The third kappa shape index (κ3) is 36.6. The van der Waals surface area contributed by atoms with Crippen molar-refractivity contribution in [1.82, 2.24) is 0 Å². The van der Waals surface area contributed by atoms with Crippen LogP contribution in [0.3, 0.4) is 0 Å². The second-order valence-corrected chi connectivity index (χ2v) is 15.8. The topological polar surface area (TPSA) is 78.9 Å². The molecule has 0 spiro atoms. The highest BCUT2D eigenvalue weighted by Gasteiger charge is 2.19. The van der Waals surface area contributed by atoms with Crippen molar-refractivity contribution in [2.24, 2.45) is 11.8 Å². The summed E-state index contributed by atoms with van der Waals surface area (Å²) in [5.74, 6) is 0.759. The fraction of sp³-hybridized carbons (Fsp3) is 0.933. The van der Waals surface area contributed by atoms with Crippen molar-refractivity contribution in [3.63, 3.8) is 0 Å². The zero-order valence-electron chi connectivity index (χ0n) is 34.7. The molecule has 0 N–H and O–H groups in total. The van der Waals surface area contributed by atoms with Crippen LogP contribution in [0.25, 0.3) is 0 Å². The van der Waals surface area contributed by atoms with Crippen LogP contribution in [-0.2, 0) is 28.6 Å². The number of unbranched alkanes of at least 4 members (excludes halogenated alkanes) is 22. The van der Waals surface area contributed by atoms with Gasteiger partial charge in [-0.3, -0.25) is 14.4 Å². The fourth-order valence-electron chi connectivity index (χ4n) is 6.51. The van der Waals surface area contributed by atoms with E-state index in [-0.39, 0.29) is 31.1 Å². The molecule has 0 bridgehead atoms. The summed E-state index contributed by atoms with van der Waals surface area (Å²) in [6, 6.07) is 0. The van der Waals surface area contributed by atoms with Gasteiger partial charge in [-0.2, -0.15) is 0 Å². The average Bonchev–Trinajstić information content (AvgIpc) is 3.13. The van der Waals surface area contributed by atoms with E-state index < -0.39 is 6.10 Å². The SMILES string of the molecule is CCCCCCCCCCCCCCCC(=O)OC[C@H](COC(=O)CCCCCCCCC(C)CC)OC(=O)CCCCCCCCC(C)CC. The maximum atomic E-state index is 12.7. The van der Waals surface area contributed by atoms with Crippen molar-refractivity contribution in [2.45, 2.75) is 246 Å². The number of hydrogen-bond donors (Lipinski definition) is 0. The van der Waals surface area contributed by atoms with E-state index in [0.717, 1.165) is 69.6 Å². The van der Waals surface area contributed by atoms with E-state index in [9.17, 15) is 14.4 Å². The quantitative estimate of drug-likeness (QED) is 0.0357. The Hall–Kier alpha value is -1.59. The molecule has 3 atom stereocenters. The number of rotatable bonds is 39. The smallest absolute Gasteiger partial charge is 0.306 e. The molecule has 0 aromatic heterocycles. The van der Waals surface area contributed by atoms with Gasteiger partial charge >= 0.3 is 17.9 Å². The average molecular weight is 723 g/mol. The molecular formula is C45H86O6. The Kier molecular flexibility index (Phi) is 37.0. The van der Waals surface area contributed by atoms with E-state index in [1.807, 2.05) is 0 Å². The number of esters is 3. The number of ether oxygens (including phenoxy) is 3. The summed E-state index contributed by atoms with van der Waals surface area (Å²) in [7, 11) is 0. The third-order valence-electron chi connectivity index (χ3n) is 10.7. The van der Waals surface area contributed by atoms with E-state index in [4.69, 9.17) is 14.2 Å². The summed E-state index contributed by atoms with van der Waals surface area (Å²) in [6.07, 6.45) is 35.2. The summed E-state index contributed by atoms with van der Waals surface area (Å²) in [4.78, 5) is 37.6. The van der Waals surface area contributed by atoms with Crippen LogP contribution < -0.4 is 0 Å². The minimum Gasteiger partial charge on any atom is -0.462 e. The van der Waals surface area contributed by atoms with E-state index in [2.05, 4.69) is 34.6 Å². The van der Waals surface area contributed by atoms with E-state index >= 15 is 0 Å². The lowest BCUT2D eigenvalue weighted by molar-refractivity contribution is -0.167. The Labute approximate surface area is 317 Å². The van der Waals surface area contributed by atoms with Gasteiger partial charge in [0.25, 0.3) is 0 Å². The molecule has 0 fully saturated rings. The predicted octanol–water partition coefficient (Wildman–Crippen LogP) is 13.8. The van der Waals surface area contributed by atoms with Crippen LogP contribution in [-0.4, -0.2) is 37.2 Å². The van der Waals surface area contributed by atoms with Gasteiger partial charge in [0.05, 0.1) is 0 Å². The van der Waals surface area contributed by atoms with Crippen LogP contribution >= 0.6 is 0 Å². The number of carbonyl (C=O) groups is 3. The molecular weight excluding hydrogens is 636 g/mol. The zero-order valence-corrected chi connectivity index (χ0v) is 34.7. The van der Waals surface area contributed by atoms with Gasteiger partial charge in [-0.1, -0.05) is 202 Å². The van der Waals surface area contributed by atoms with Gasteiger partial charge in [0.2, 0.25) is 0 Å². The number of carbonyl (C=O) groups excluding carboxylic acids is 3. The molecule has 0 aliphatic heterocycles. The molecule has 0 aromatic carbocycles.